The van der Waals surface area contributed by atoms with E-state index in [-0.39, 0.29) is 5.88 Å². The molecule has 20 heavy (non-hydrogen) atoms. The standard InChI is InChI=1S/C14H14N4O2/c1-15-14-16-7-11-12(17-14)8-18(13(11)19)9-4-3-5-10(6-9)20-2/h3-8,19H,1-2H3,(H,15,17). The monoisotopic (exact) mass is 270 g/mol. The van der Waals surface area contributed by atoms with Crippen molar-refractivity contribution in [1.82, 2.24) is 14.5 Å². The molecule has 102 valence electrons. The van der Waals surface area contributed by atoms with Crippen molar-refractivity contribution in [3.05, 3.63) is 36.7 Å². The average molecular weight is 270 g/mol. The van der Waals surface area contributed by atoms with Crippen molar-refractivity contribution >= 4 is 16.9 Å². The number of benzene rings is 1. The zero-order valence-electron chi connectivity index (χ0n) is 11.2. The van der Waals surface area contributed by atoms with Gasteiger partial charge >= 0.3 is 0 Å². The molecule has 0 saturated carbocycles. The largest absolute Gasteiger partial charge is 0.497 e. The second kappa shape index (κ2) is 4.73. The summed E-state index contributed by atoms with van der Waals surface area (Å²) < 4.78 is 6.85. The quantitative estimate of drug-likeness (QED) is 0.763. The maximum absolute atomic E-state index is 10.3. The summed E-state index contributed by atoms with van der Waals surface area (Å²) >= 11 is 0. The molecule has 0 saturated heterocycles. The van der Waals surface area contributed by atoms with Gasteiger partial charge in [0.2, 0.25) is 11.8 Å². The van der Waals surface area contributed by atoms with Crippen molar-refractivity contribution in [3.8, 4) is 17.3 Å². The van der Waals surface area contributed by atoms with Crippen molar-refractivity contribution in [1.29, 1.82) is 0 Å². The molecule has 0 radical (unpaired) electrons. The Balaban J connectivity index is 2.18. The summed E-state index contributed by atoms with van der Waals surface area (Å²) in [6.07, 6.45) is 3.36. The Morgan fingerprint density at radius 3 is 2.95 bits per heavy atom. The highest BCUT2D eigenvalue weighted by molar-refractivity contribution is 5.85. The molecule has 2 heterocycles. The third kappa shape index (κ3) is 1.91. The van der Waals surface area contributed by atoms with Crippen LogP contribution in [0.25, 0.3) is 16.6 Å². The first-order chi connectivity index (χ1) is 9.72. The molecule has 0 aliphatic carbocycles. The van der Waals surface area contributed by atoms with Gasteiger partial charge in [0.05, 0.1) is 23.7 Å². The molecule has 0 atom stereocenters. The van der Waals surface area contributed by atoms with Crippen molar-refractivity contribution in [2.45, 2.75) is 0 Å². The van der Waals surface area contributed by atoms with E-state index >= 15 is 0 Å². The number of aromatic nitrogens is 3. The molecule has 2 N–H and O–H groups in total. The lowest BCUT2D eigenvalue weighted by Gasteiger charge is -2.06. The average Bonchev–Trinajstić information content (AvgIpc) is 2.83. The van der Waals surface area contributed by atoms with E-state index in [1.54, 1.807) is 31.1 Å². The zero-order chi connectivity index (χ0) is 14.1. The predicted molar refractivity (Wildman–Crippen MR) is 76.6 cm³/mol. The molecule has 6 heteroatoms. The van der Waals surface area contributed by atoms with Gasteiger partial charge in [-0.1, -0.05) is 6.07 Å². The molecule has 0 aliphatic rings. The molecule has 0 aliphatic heterocycles. The highest BCUT2D eigenvalue weighted by Crippen LogP contribution is 2.30. The molecule has 0 bridgehead atoms. The van der Waals surface area contributed by atoms with E-state index in [0.717, 1.165) is 11.4 Å². The maximum Gasteiger partial charge on any atom is 0.223 e. The second-order valence-corrected chi connectivity index (χ2v) is 4.27. The van der Waals surface area contributed by atoms with Crippen molar-refractivity contribution in [3.63, 3.8) is 0 Å². The number of anilines is 1. The van der Waals surface area contributed by atoms with E-state index in [1.807, 2.05) is 24.3 Å². The normalized spacial score (nSPS) is 10.7. The Morgan fingerprint density at radius 2 is 2.20 bits per heavy atom. The van der Waals surface area contributed by atoms with E-state index in [0.29, 0.717) is 16.9 Å². The number of nitrogens with one attached hydrogen (secondary N) is 1. The molecule has 2 aromatic heterocycles. The maximum atomic E-state index is 10.3. The summed E-state index contributed by atoms with van der Waals surface area (Å²) in [4.78, 5) is 8.42. The SMILES string of the molecule is CNc1ncc2c(O)n(-c3cccc(OC)c3)cc2n1. The summed E-state index contributed by atoms with van der Waals surface area (Å²) in [5.41, 5.74) is 1.47. The minimum atomic E-state index is 0.107. The molecule has 6 nitrogen and oxygen atoms in total. The number of methoxy groups -OCH3 is 1. The summed E-state index contributed by atoms with van der Waals surface area (Å²) in [5, 5.41) is 13.8. The van der Waals surface area contributed by atoms with Crippen molar-refractivity contribution < 1.29 is 9.84 Å². The first-order valence-corrected chi connectivity index (χ1v) is 6.12. The first-order valence-electron chi connectivity index (χ1n) is 6.12. The van der Waals surface area contributed by atoms with Crippen molar-refractivity contribution in [2.75, 3.05) is 19.5 Å². The summed E-state index contributed by atoms with van der Waals surface area (Å²) in [6, 6.07) is 7.43. The van der Waals surface area contributed by atoms with Crippen LogP contribution in [0.5, 0.6) is 11.6 Å². The topological polar surface area (TPSA) is 72.2 Å². The number of aromatic hydroxyl groups is 1. The van der Waals surface area contributed by atoms with Crippen LogP contribution >= 0.6 is 0 Å². The molecule has 3 aromatic rings. The Bertz CT molecular complexity index is 767. The zero-order valence-corrected chi connectivity index (χ0v) is 11.2. The fourth-order valence-electron chi connectivity index (χ4n) is 2.06. The number of fused-ring (bicyclic) bond motifs is 1. The predicted octanol–water partition coefficient (Wildman–Crippen LogP) is 2.18. The van der Waals surface area contributed by atoms with Gasteiger partial charge in [-0.3, -0.25) is 4.57 Å². The lowest BCUT2D eigenvalue weighted by atomic mass is 10.3. The Labute approximate surface area is 115 Å². The second-order valence-electron chi connectivity index (χ2n) is 4.27. The van der Waals surface area contributed by atoms with Gasteiger partial charge in [0.25, 0.3) is 0 Å². The van der Waals surface area contributed by atoms with Gasteiger partial charge in [0.15, 0.2) is 0 Å². The number of hydrogen-bond donors (Lipinski definition) is 2. The van der Waals surface area contributed by atoms with E-state index < -0.39 is 0 Å². The number of nitrogens with zero attached hydrogens (tertiary/aromatic N) is 3. The van der Waals surface area contributed by atoms with Crippen molar-refractivity contribution in [2.24, 2.45) is 0 Å². The van der Waals surface area contributed by atoms with Crippen LogP contribution in [0.2, 0.25) is 0 Å². The van der Waals surface area contributed by atoms with Crippen LogP contribution in [0, 0.1) is 0 Å². The van der Waals surface area contributed by atoms with E-state index in [4.69, 9.17) is 4.74 Å². The van der Waals surface area contributed by atoms with Crippen LogP contribution in [-0.4, -0.2) is 33.8 Å². The molecule has 0 unspecified atom stereocenters. The molecular weight excluding hydrogens is 256 g/mol. The van der Waals surface area contributed by atoms with E-state index in [1.165, 1.54) is 0 Å². The van der Waals surface area contributed by atoms with Crippen LogP contribution in [0.1, 0.15) is 0 Å². The van der Waals surface area contributed by atoms with Crippen LogP contribution in [0.4, 0.5) is 5.95 Å². The van der Waals surface area contributed by atoms with Gasteiger partial charge in [-0.25, -0.2) is 9.97 Å². The minimum Gasteiger partial charge on any atom is -0.497 e. The Hall–Kier alpha value is -2.76. The smallest absolute Gasteiger partial charge is 0.223 e. The van der Waals surface area contributed by atoms with Crippen LogP contribution < -0.4 is 10.1 Å². The number of ether oxygens (including phenoxy) is 1. The summed E-state index contributed by atoms with van der Waals surface area (Å²) in [6.45, 7) is 0. The molecule has 0 fully saturated rings. The summed E-state index contributed by atoms with van der Waals surface area (Å²) in [7, 11) is 3.36. The fraction of sp³-hybridized carbons (Fsp3) is 0.143. The number of hydrogen-bond acceptors (Lipinski definition) is 5. The van der Waals surface area contributed by atoms with Gasteiger partial charge in [-0.2, -0.15) is 0 Å². The minimum absolute atomic E-state index is 0.107. The fourth-order valence-corrected chi connectivity index (χ4v) is 2.06. The van der Waals surface area contributed by atoms with E-state index in [2.05, 4.69) is 15.3 Å². The molecule has 1 aromatic carbocycles. The van der Waals surface area contributed by atoms with Crippen LogP contribution in [-0.2, 0) is 0 Å². The van der Waals surface area contributed by atoms with Gasteiger partial charge < -0.3 is 15.2 Å². The highest BCUT2D eigenvalue weighted by Gasteiger charge is 2.12. The van der Waals surface area contributed by atoms with Gasteiger partial charge in [-0.15, -0.1) is 0 Å². The first kappa shape index (κ1) is 12.3. The third-order valence-electron chi connectivity index (χ3n) is 3.09. The Kier molecular flexibility index (Phi) is 2.90. The van der Waals surface area contributed by atoms with Gasteiger partial charge in [-0.05, 0) is 12.1 Å². The number of rotatable bonds is 3. The Morgan fingerprint density at radius 1 is 1.35 bits per heavy atom. The van der Waals surface area contributed by atoms with E-state index in [9.17, 15) is 5.11 Å². The molecule has 3 rings (SSSR count). The highest BCUT2D eigenvalue weighted by atomic mass is 16.5. The van der Waals surface area contributed by atoms with Crippen LogP contribution in [0.3, 0.4) is 0 Å². The lowest BCUT2D eigenvalue weighted by molar-refractivity contribution is 0.414. The molecular formula is C14H14N4O2. The summed E-state index contributed by atoms with van der Waals surface area (Å²) in [5.74, 6) is 1.35. The van der Waals surface area contributed by atoms with Gasteiger partial charge in [0, 0.05) is 25.5 Å². The third-order valence-corrected chi connectivity index (χ3v) is 3.09. The molecule has 0 amide bonds. The van der Waals surface area contributed by atoms with Gasteiger partial charge in [0.1, 0.15) is 5.75 Å². The molecule has 0 spiro atoms. The van der Waals surface area contributed by atoms with Crippen LogP contribution in [0.15, 0.2) is 36.7 Å². The lowest BCUT2D eigenvalue weighted by Crippen LogP contribution is -1.94.